The Morgan fingerprint density at radius 2 is 1.84 bits per heavy atom. The summed E-state index contributed by atoms with van der Waals surface area (Å²) in [6.45, 7) is 0. The molecule has 0 amide bonds. The van der Waals surface area contributed by atoms with E-state index in [2.05, 4.69) is 4.99 Å². The number of carbonyl (C=O) groups is 1. The second kappa shape index (κ2) is 4.82. The zero-order valence-corrected chi connectivity index (χ0v) is 10.8. The molecule has 0 aromatic heterocycles. The van der Waals surface area contributed by atoms with E-state index in [1.165, 1.54) is 0 Å². The quantitative estimate of drug-likeness (QED) is 0.751. The molecule has 0 unspecified atom stereocenters. The summed E-state index contributed by atoms with van der Waals surface area (Å²) >= 11 is 5.95. The molecule has 0 saturated heterocycles. The number of aldehydes is 1. The summed E-state index contributed by atoms with van der Waals surface area (Å²) in [7, 11) is 0. The van der Waals surface area contributed by atoms with E-state index in [4.69, 9.17) is 11.6 Å². The zero-order chi connectivity index (χ0) is 13.2. The third-order valence-corrected chi connectivity index (χ3v) is 3.22. The van der Waals surface area contributed by atoms with Gasteiger partial charge in [0, 0.05) is 16.2 Å². The molecule has 0 spiro atoms. The Morgan fingerprint density at radius 1 is 1.05 bits per heavy atom. The van der Waals surface area contributed by atoms with Gasteiger partial charge in [-0.3, -0.25) is 4.79 Å². The minimum absolute atomic E-state index is 0.445. The first kappa shape index (κ1) is 11.9. The minimum atomic E-state index is 0.445. The van der Waals surface area contributed by atoms with Crippen LogP contribution in [0.4, 0.5) is 5.69 Å². The summed E-state index contributed by atoms with van der Waals surface area (Å²) in [5, 5.41) is 0.619. The lowest BCUT2D eigenvalue weighted by molar-refractivity contribution is -0.102. The van der Waals surface area contributed by atoms with Crippen molar-refractivity contribution in [2.75, 3.05) is 0 Å². The van der Waals surface area contributed by atoms with Crippen molar-refractivity contribution < 1.29 is 4.79 Å². The van der Waals surface area contributed by atoms with Crippen LogP contribution >= 0.6 is 11.6 Å². The van der Waals surface area contributed by atoms with Crippen LogP contribution in [-0.2, 0) is 4.79 Å². The van der Waals surface area contributed by atoms with Gasteiger partial charge in [0.2, 0.25) is 0 Å². The lowest BCUT2D eigenvalue weighted by Crippen LogP contribution is -1.97. The maximum absolute atomic E-state index is 11.2. The molecule has 1 aliphatic heterocycles. The summed E-state index contributed by atoms with van der Waals surface area (Å²) in [5.41, 5.74) is 4.01. The number of hydrogen-bond donors (Lipinski definition) is 0. The van der Waals surface area contributed by atoms with Crippen molar-refractivity contribution in [1.82, 2.24) is 0 Å². The second-order valence-electron chi connectivity index (χ2n) is 4.25. The van der Waals surface area contributed by atoms with Crippen LogP contribution in [0.5, 0.6) is 0 Å². The van der Waals surface area contributed by atoms with Crippen molar-refractivity contribution >= 4 is 40.9 Å². The molecule has 2 aromatic rings. The molecular weight excluding hydrogens is 258 g/mol. The molecule has 0 aliphatic carbocycles. The van der Waals surface area contributed by atoms with Gasteiger partial charge in [0.25, 0.3) is 0 Å². The lowest BCUT2D eigenvalue weighted by atomic mass is 10.0. The van der Waals surface area contributed by atoms with Crippen LogP contribution in [0.2, 0.25) is 5.02 Å². The van der Waals surface area contributed by atoms with Gasteiger partial charge < -0.3 is 0 Å². The maximum Gasteiger partial charge on any atom is 0.169 e. The molecule has 1 aliphatic rings. The first-order valence-electron chi connectivity index (χ1n) is 5.89. The number of benzene rings is 2. The Labute approximate surface area is 116 Å². The number of fused-ring (bicyclic) bond motifs is 1. The van der Waals surface area contributed by atoms with E-state index in [1.54, 1.807) is 6.07 Å². The van der Waals surface area contributed by atoms with E-state index in [-0.39, 0.29) is 0 Å². The molecule has 0 bridgehead atoms. The topological polar surface area (TPSA) is 29.4 Å². The number of nitrogens with zero attached hydrogens (tertiary/aromatic N) is 1. The fraction of sp³-hybridized carbons (Fsp3) is 0. The molecule has 19 heavy (non-hydrogen) atoms. The van der Waals surface area contributed by atoms with Crippen molar-refractivity contribution in [1.29, 1.82) is 0 Å². The average molecular weight is 268 g/mol. The number of carbonyl (C=O) groups excluding carboxylic acids is 1. The second-order valence-corrected chi connectivity index (χ2v) is 4.68. The highest BCUT2D eigenvalue weighted by Gasteiger charge is 2.20. The lowest BCUT2D eigenvalue weighted by Gasteiger charge is -2.02. The van der Waals surface area contributed by atoms with E-state index < -0.39 is 0 Å². The third-order valence-electron chi connectivity index (χ3n) is 2.99. The molecule has 0 saturated carbocycles. The summed E-state index contributed by atoms with van der Waals surface area (Å²) in [6, 6.07) is 15.3. The smallest absolute Gasteiger partial charge is 0.169 e. The van der Waals surface area contributed by atoms with Crippen LogP contribution in [-0.4, -0.2) is 12.0 Å². The highest BCUT2D eigenvalue weighted by atomic mass is 35.5. The molecule has 1 heterocycles. The molecule has 3 heteroatoms. The Bertz CT molecular complexity index is 702. The van der Waals surface area contributed by atoms with Crippen LogP contribution in [0.25, 0.3) is 11.6 Å². The van der Waals surface area contributed by atoms with Gasteiger partial charge in [0.05, 0.1) is 5.69 Å². The Kier molecular flexibility index (Phi) is 3.02. The van der Waals surface area contributed by atoms with Gasteiger partial charge in [-0.25, -0.2) is 4.99 Å². The fourth-order valence-corrected chi connectivity index (χ4v) is 2.28. The normalized spacial score (nSPS) is 15.2. The predicted molar refractivity (Wildman–Crippen MR) is 78.9 cm³/mol. The first-order valence-corrected chi connectivity index (χ1v) is 6.26. The average Bonchev–Trinajstić information content (AvgIpc) is 2.77. The highest BCUT2D eigenvalue weighted by molar-refractivity contribution is 6.53. The monoisotopic (exact) mass is 267 g/mol. The Hall–Kier alpha value is -2.19. The molecule has 0 N–H and O–H groups in total. The summed E-state index contributed by atoms with van der Waals surface area (Å²) in [4.78, 5) is 15.5. The number of aliphatic imine (C=N–C) groups is 1. The molecule has 2 aromatic carbocycles. The number of halogens is 1. The summed E-state index contributed by atoms with van der Waals surface area (Å²) in [5.74, 6) is 0. The van der Waals surface area contributed by atoms with E-state index in [9.17, 15) is 4.79 Å². The SMILES string of the molecule is O=CC1=Nc2cc(Cl)ccc2C1=Cc1ccccc1. The van der Waals surface area contributed by atoms with Crippen molar-refractivity contribution in [3.05, 3.63) is 64.7 Å². The minimum Gasteiger partial charge on any atom is -0.296 e. The first-order chi connectivity index (χ1) is 9.28. The van der Waals surface area contributed by atoms with Gasteiger partial charge in [-0.1, -0.05) is 48.0 Å². The van der Waals surface area contributed by atoms with E-state index in [0.717, 1.165) is 28.7 Å². The molecule has 0 radical (unpaired) electrons. The standard InChI is InChI=1S/C16H10ClNO/c17-12-6-7-13-14(8-11-4-2-1-3-5-11)16(10-19)18-15(13)9-12/h1-10H. The highest BCUT2D eigenvalue weighted by Crippen LogP contribution is 2.37. The van der Waals surface area contributed by atoms with Crippen molar-refractivity contribution in [2.24, 2.45) is 4.99 Å². The van der Waals surface area contributed by atoms with Crippen molar-refractivity contribution in [3.8, 4) is 0 Å². The largest absolute Gasteiger partial charge is 0.296 e. The van der Waals surface area contributed by atoms with Crippen molar-refractivity contribution in [3.63, 3.8) is 0 Å². The van der Waals surface area contributed by atoms with Gasteiger partial charge in [0.1, 0.15) is 5.71 Å². The van der Waals surface area contributed by atoms with Gasteiger partial charge >= 0.3 is 0 Å². The third kappa shape index (κ3) is 2.23. The zero-order valence-electron chi connectivity index (χ0n) is 10.0. The van der Waals surface area contributed by atoms with Gasteiger partial charge in [-0.15, -0.1) is 0 Å². The number of allylic oxidation sites excluding steroid dienone is 1. The Balaban J connectivity index is 2.14. The number of rotatable bonds is 2. The molecule has 92 valence electrons. The van der Waals surface area contributed by atoms with Crippen LogP contribution in [0.1, 0.15) is 11.1 Å². The van der Waals surface area contributed by atoms with Crippen molar-refractivity contribution in [2.45, 2.75) is 0 Å². The van der Waals surface area contributed by atoms with Crippen LogP contribution in [0.15, 0.2) is 53.5 Å². The van der Waals surface area contributed by atoms with Crippen LogP contribution < -0.4 is 0 Å². The van der Waals surface area contributed by atoms with Crippen LogP contribution in [0.3, 0.4) is 0 Å². The molecule has 0 fully saturated rings. The fourth-order valence-electron chi connectivity index (χ4n) is 2.11. The van der Waals surface area contributed by atoms with Gasteiger partial charge in [-0.2, -0.15) is 0 Å². The number of hydrogen-bond acceptors (Lipinski definition) is 2. The van der Waals surface area contributed by atoms with Gasteiger partial charge in [0.15, 0.2) is 6.29 Å². The molecule has 3 rings (SSSR count). The summed E-state index contributed by atoms with van der Waals surface area (Å²) in [6.07, 6.45) is 2.75. The Morgan fingerprint density at radius 3 is 2.58 bits per heavy atom. The summed E-state index contributed by atoms with van der Waals surface area (Å²) < 4.78 is 0. The maximum atomic E-state index is 11.2. The van der Waals surface area contributed by atoms with E-state index >= 15 is 0 Å². The van der Waals surface area contributed by atoms with E-state index in [1.807, 2.05) is 48.5 Å². The van der Waals surface area contributed by atoms with Gasteiger partial charge in [-0.05, 0) is 23.8 Å². The van der Waals surface area contributed by atoms with Crippen LogP contribution in [0, 0.1) is 0 Å². The molecule has 0 atom stereocenters. The predicted octanol–water partition coefficient (Wildman–Crippen LogP) is 4.17. The molecular formula is C16H10ClNO. The van der Waals surface area contributed by atoms with E-state index in [0.29, 0.717) is 10.7 Å². The molecule has 2 nitrogen and oxygen atoms in total.